The highest BCUT2D eigenvalue weighted by atomic mass is 35.5. The number of halogens is 3. The molecule has 2 N–H and O–H groups in total. The van der Waals surface area contributed by atoms with Gasteiger partial charge in [0.1, 0.15) is 5.82 Å². The van der Waals surface area contributed by atoms with Gasteiger partial charge in [-0.2, -0.15) is 0 Å². The van der Waals surface area contributed by atoms with E-state index in [4.69, 9.17) is 28.9 Å². The molecule has 2 aromatic carbocycles. The summed E-state index contributed by atoms with van der Waals surface area (Å²) >= 11 is 14.4. The van der Waals surface area contributed by atoms with Crippen LogP contribution in [0.5, 0.6) is 0 Å². The Balaban J connectivity index is 1.80. The van der Waals surface area contributed by atoms with Crippen LogP contribution in [0.1, 0.15) is 5.56 Å². The maximum atomic E-state index is 13.7. The first-order chi connectivity index (χ1) is 12.5. The Morgan fingerprint density at radius 2 is 1.96 bits per heavy atom. The van der Waals surface area contributed by atoms with E-state index < -0.39 is 6.03 Å². The highest BCUT2D eigenvalue weighted by Gasteiger charge is 2.21. The monoisotopic (exact) mass is 428 g/mol. The van der Waals surface area contributed by atoms with E-state index in [1.54, 1.807) is 30.3 Å². The number of urea groups is 1. The van der Waals surface area contributed by atoms with Gasteiger partial charge in [0.15, 0.2) is 4.34 Å². The Morgan fingerprint density at radius 1 is 1.19 bits per heavy atom. The number of rotatable bonds is 5. The molecular weight excluding hydrogens is 418 g/mol. The van der Waals surface area contributed by atoms with Gasteiger partial charge in [-0.05, 0) is 29.8 Å². The third kappa shape index (κ3) is 4.27. The number of nitrogens with zero attached hydrogens (tertiary/aromatic N) is 3. The standard InChI is InChI=1S/C16H11Cl2FN4OS2/c17-11-6-5-10(7-12(11)18)23(14(20)24)15-21-22-16(26-15)25-8-9-3-1-2-4-13(9)19/h1-7H,8H2,(H2,20,24). The van der Waals surface area contributed by atoms with Crippen LogP contribution in [0.2, 0.25) is 10.0 Å². The molecule has 0 saturated heterocycles. The van der Waals surface area contributed by atoms with Crippen molar-refractivity contribution in [2.24, 2.45) is 5.73 Å². The zero-order valence-electron chi connectivity index (χ0n) is 13.0. The van der Waals surface area contributed by atoms with Crippen LogP contribution in [0.15, 0.2) is 46.8 Å². The first-order valence-electron chi connectivity index (χ1n) is 7.20. The molecule has 2 amide bonds. The van der Waals surface area contributed by atoms with E-state index >= 15 is 0 Å². The van der Waals surface area contributed by atoms with Crippen LogP contribution >= 0.6 is 46.3 Å². The fraction of sp³-hybridized carbons (Fsp3) is 0.0625. The Kier molecular flexibility index (Phi) is 5.98. The van der Waals surface area contributed by atoms with Gasteiger partial charge in [0.05, 0.1) is 15.7 Å². The van der Waals surface area contributed by atoms with E-state index in [1.165, 1.54) is 40.1 Å². The van der Waals surface area contributed by atoms with E-state index in [9.17, 15) is 9.18 Å². The van der Waals surface area contributed by atoms with Crippen molar-refractivity contribution in [2.45, 2.75) is 10.1 Å². The number of hydrogen-bond donors (Lipinski definition) is 1. The van der Waals surface area contributed by atoms with Crippen LogP contribution in [0.4, 0.5) is 20.0 Å². The fourth-order valence-electron chi connectivity index (χ4n) is 2.06. The third-order valence-corrected chi connectivity index (χ3v) is 6.11. The average molecular weight is 429 g/mol. The number of aromatic nitrogens is 2. The molecule has 0 radical (unpaired) electrons. The lowest BCUT2D eigenvalue weighted by Gasteiger charge is -2.17. The molecule has 10 heteroatoms. The molecule has 0 bridgehead atoms. The number of benzene rings is 2. The minimum atomic E-state index is -0.731. The highest BCUT2D eigenvalue weighted by Crippen LogP contribution is 2.36. The molecule has 0 unspecified atom stereocenters. The zero-order chi connectivity index (χ0) is 18.7. The topological polar surface area (TPSA) is 72.1 Å². The molecule has 1 aromatic heterocycles. The Hall–Kier alpha value is -1.87. The minimum absolute atomic E-state index is 0.278. The summed E-state index contributed by atoms with van der Waals surface area (Å²) in [6.45, 7) is 0. The second-order valence-corrected chi connectivity index (χ2v) is 8.00. The fourth-order valence-corrected chi connectivity index (χ4v) is 4.21. The second kappa shape index (κ2) is 8.22. The summed E-state index contributed by atoms with van der Waals surface area (Å²) in [5, 5.41) is 8.96. The lowest BCUT2D eigenvalue weighted by atomic mass is 10.2. The summed E-state index contributed by atoms with van der Waals surface area (Å²) in [6.07, 6.45) is 0. The van der Waals surface area contributed by atoms with Crippen molar-refractivity contribution in [1.82, 2.24) is 10.2 Å². The van der Waals surface area contributed by atoms with Crippen molar-refractivity contribution in [2.75, 3.05) is 4.90 Å². The average Bonchev–Trinajstić information content (AvgIpc) is 3.05. The Morgan fingerprint density at radius 3 is 2.65 bits per heavy atom. The molecule has 0 spiro atoms. The van der Waals surface area contributed by atoms with Crippen LogP contribution in [0, 0.1) is 5.82 Å². The quantitative estimate of drug-likeness (QED) is 0.430. The number of carbonyl (C=O) groups is 1. The summed E-state index contributed by atoms with van der Waals surface area (Å²) in [6, 6.07) is 10.5. The molecule has 134 valence electrons. The summed E-state index contributed by atoms with van der Waals surface area (Å²) in [4.78, 5) is 13.1. The summed E-state index contributed by atoms with van der Waals surface area (Å²) in [5.41, 5.74) is 6.46. The van der Waals surface area contributed by atoms with Gasteiger partial charge in [0, 0.05) is 5.75 Å². The van der Waals surface area contributed by atoms with Gasteiger partial charge in [0.25, 0.3) is 0 Å². The SMILES string of the molecule is NC(=O)N(c1ccc(Cl)c(Cl)c1)c1nnc(SCc2ccccc2F)s1. The molecule has 0 saturated carbocycles. The predicted molar refractivity (Wildman–Crippen MR) is 104 cm³/mol. The number of carbonyl (C=O) groups excluding carboxylic acids is 1. The van der Waals surface area contributed by atoms with Crippen molar-refractivity contribution in [3.8, 4) is 0 Å². The molecule has 0 atom stereocenters. The second-order valence-electron chi connectivity index (χ2n) is 5.00. The molecule has 0 aliphatic heterocycles. The van der Waals surface area contributed by atoms with Crippen LogP contribution in [0.3, 0.4) is 0 Å². The first-order valence-corrected chi connectivity index (χ1v) is 9.76. The van der Waals surface area contributed by atoms with Gasteiger partial charge in [-0.1, -0.05) is 64.5 Å². The smallest absolute Gasteiger partial charge is 0.325 e. The zero-order valence-corrected chi connectivity index (χ0v) is 16.2. The van der Waals surface area contributed by atoms with E-state index in [1.807, 2.05) is 0 Å². The number of nitrogens with two attached hydrogens (primary N) is 1. The Labute approximate surface area is 166 Å². The van der Waals surface area contributed by atoms with Crippen LogP contribution < -0.4 is 10.6 Å². The van der Waals surface area contributed by atoms with Gasteiger partial charge in [-0.3, -0.25) is 0 Å². The van der Waals surface area contributed by atoms with Gasteiger partial charge in [-0.15, -0.1) is 10.2 Å². The number of anilines is 2. The van der Waals surface area contributed by atoms with Gasteiger partial charge in [-0.25, -0.2) is 14.1 Å². The lowest BCUT2D eigenvalue weighted by Crippen LogP contribution is -2.31. The molecule has 0 fully saturated rings. The van der Waals surface area contributed by atoms with E-state index in [2.05, 4.69) is 10.2 Å². The highest BCUT2D eigenvalue weighted by molar-refractivity contribution is 8.00. The van der Waals surface area contributed by atoms with Gasteiger partial charge >= 0.3 is 6.03 Å². The Bertz CT molecular complexity index is 954. The molecule has 0 aliphatic carbocycles. The first kappa shape index (κ1) is 18.9. The van der Waals surface area contributed by atoms with Crippen molar-refractivity contribution < 1.29 is 9.18 Å². The molecular formula is C16H11Cl2FN4OS2. The molecule has 26 heavy (non-hydrogen) atoms. The summed E-state index contributed by atoms with van der Waals surface area (Å²) < 4.78 is 14.3. The predicted octanol–water partition coefficient (Wildman–Crippen LogP) is 5.49. The molecule has 0 aliphatic rings. The molecule has 3 rings (SSSR count). The van der Waals surface area contributed by atoms with Gasteiger partial charge in [0.2, 0.25) is 5.13 Å². The van der Waals surface area contributed by atoms with Crippen molar-refractivity contribution in [1.29, 1.82) is 0 Å². The number of thioether (sulfide) groups is 1. The third-order valence-electron chi connectivity index (χ3n) is 3.28. The summed E-state index contributed by atoms with van der Waals surface area (Å²) in [7, 11) is 0. The number of amides is 2. The van der Waals surface area contributed by atoms with E-state index in [-0.39, 0.29) is 16.0 Å². The number of hydrogen-bond acceptors (Lipinski definition) is 5. The minimum Gasteiger partial charge on any atom is -0.351 e. The lowest BCUT2D eigenvalue weighted by molar-refractivity contribution is 0.256. The van der Waals surface area contributed by atoms with Crippen LogP contribution in [0.25, 0.3) is 0 Å². The van der Waals surface area contributed by atoms with E-state index in [0.29, 0.717) is 26.4 Å². The number of primary amides is 1. The maximum Gasteiger partial charge on any atom is 0.325 e. The molecule has 5 nitrogen and oxygen atoms in total. The van der Waals surface area contributed by atoms with Crippen molar-refractivity contribution >= 4 is 63.2 Å². The van der Waals surface area contributed by atoms with Crippen LogP contribution in [-0.2, 0) is 5.75 Å². The van der Waals surface area contributed by atoms with E-state index in [0.717, 1.165) is 0 Å². The largest absolute Gasteiger partial charge is 0.351 e. The van der Waals surface area contributed by atoms with Crippen molar-refractivity contribution in [3.63, 3.8) is 0 Å². The van der Waals surface area contributed by atoms with Crippen LogP contribution in [-0.4, -0.2) is 16.2 Å². The van der Waals surface area contributed by atoms with Gasteiger partial charge < -0.3 is 5.73 Å². The summed E-state index contributed by atoms with van der Waals surface area (Å²) in [5.74, 6) is 0.115. The normalized spacial score (nSPS) is 10.7. The molecule has 3 aromatic rings. The van der Waals surface area contributed by atoms with Crippen molar-refractivity contribution in [3.05, 3.63) is 63.9 Å². The maximum absolute atomic E-state index is 13.7. The molecule has 1 heterocycles.